The van der Waals surface area contributed by atoms with Gasteiger partial charge in [-0.15, -0.1) is 0 Å². The van der Waals surface area contributed by atoms with E-state index in [1.807, 2.05) is 19.1 Å². The molecule has 7 rings (SSSR count). The molecular weight excluding hydrogens is 498 g/mol. The monoisotopic (exact) mass is 531 g/mol. The molecule has 2 nitrogen and oxygen atoms in total. The molecule has 0 fully saturated rings. The van der Waals surface area contributed by atoms with Crippen molar-refractivity contribution in [2.75, 3.05) is 4.90 Å². The molecule has 200 valence electrons. The van der Waals surface area contributed by atoms with Crippen molar-refractivity contribution in [2.24, 2.45) is 0 Å². The van der Waals surface area contributed by atoms with Gasteiger partial charge < -0.3 is 9.32 Å². The van der Waals surface area contributed by atoms with Crippen molar-refractivity contribution in [1.82, 2.24) is 0 Å². The Bertz CT molecular complexity index is 2070. The summed E-state index contributed by atoms with van der Waals surface area (Å²) in [6.45, 7) is 13.0. The van der Waals surface area contributed by atoms with Crippen LogP contribution < -0.4 is 4.90 Å². The zero-order valence-corrected chi connectivity index (χ0v) is 24.0. The highest BCUT2D eigenvalue weighted by Crippen LogP contribution is 2.50. The van der Waals surface area contributed by atoms with Crippen molar-refractivity contribution in [3.8, 4) is 0 Å². The van der Waals surface area contributed by atoms with Crippen molar-refractivity contribution in [3.63, 3.8) is 0 Å². The maximum absolute atomic E-state index is 6.55. The highest BCUT2D eigenvalue weighted by Gasteiger charge is 2.35. The molecule has 2 heteroatoms. The van der Waals surface area contributed by atoms with Gasteiger partial charge in [0.25, 0.3) is 0 Å². The lowest BCUT2D eigenvalue weighted by atomic mass is 9.82. The number of rotatable bonds is 5. The molecule has 41 heavy (non-hydrogen) atoms. The van der Waals surface area contributed by atoms with Crippen LogP contribution in [0.3, 0.4) is 0 Å². The van der Waals surface area contributed by atoms with Crippen LogP contribution in [-0.4, -0.2) is 0 Å². The fourth-order valence-corrected chi connectivity index (χ4v) is 6.26. The summed E-state index contributed by atoms with van der Waals surface area (Å²) in [5.74, 6) is 0. The molecule has 1 aliphatic rings. The first-order valence-electron chi connectivity index (χ1n) is 14.2. The number of benzene rings is 5. The molecule has 0 spiro atoms. The molecule has 1 aromatic heterocycles. The van der Waals surface area contributed by atoms with Gasteiger partial charge in [-0.2, -0.15) is 0 Å². The standard InChI is InChI=1S/C39H33NO/c1-25(2)17-21-31-26(3)39(4,5)35-24-30(20-22-32(31)35)40(29-19-18-27-11-6-7-12-28(27)23-29)36-15-10-14-34-33-13-8-9-16-37(33)41-38(34)36/h6-24H,1H2,2-5H3/b21-17-. The van der Waals surface area contributed by atoms with Crippen LogP contribution in [0.5, 0.6) is 0 Å². The van der Waals surface area contributed by atoms with Crippen LogP contribution in [0.4, 0.5) is 17.1 Å². The van der Waals surface area contributed by atoms with E-state index in [9.17, 15) is 0 Å². The lowest BCUT2D eigenvalue weighted by Crippen LogP contribution is -2.17. The van der Waals surface area contributed by atoms with E-state index >= 15 is 0 Å². The fraction of sp³-hybridized carbons (Fsp3) is 0.128. The highest BCUT2D eigenvalue weighted by molar-refractivity contribution is 6.10. The lowest BCUT2D eigenvalue weighted by Gasteiger charge is -2.28. The SMILES string of the molecule is C=C(C)/C=C\C1=C(C)C(C)(C)c2cc(N(c3ccc4ccccc4c3)c3cccc4c3oc3ccccc34)ccc21. The highest BCUT2D eigenvalue weighted by atomic mass is 16.3. The minimum atomic E-state index is -0.0967. The van der Waals surface area contributed by atoms with Crippen molar-refractivity contribution in [3.05, 3.63) is 144 Å². The minimum Gasteiger partial charge on any atom is -0.454 e. The van der Waals surface area contributed by atoms with E-state index in [0.29, 0.717) is 0 Å². The van der Waals surface area contributed by atoms with Crippen LogP contribution in [-0.2, 0) is 5.41 Å². The Morgan fingerprint density at radius 3 is 2.32 bits per heavy atom. The summed E-state index contributed by atoms with van der Waals surface area (Å²) in [5.41, 5.74) is 11.3. The number of hydrogen-bond donors (Lipinski definition) is 0. The van der Waals surface area contributed by atoms with E-state index in [0.717, 1.165) is 44.6 Å². The molecule has 0 aliphatic heterocycles. The van der Waals surface area contributed by atoms with Gasteiger partial charge in [-0.05, 0) is 77.7 Å². The Balaban J connectivity index is 1.47. The van der Waals surface area contributed by atoms with E-state index in [2.05, 4.69) is 135 Å². The molecular formula is C39H33NO. The van der Waals surface area contributed by atoms with Crippen molar-refractivity contribution < 1.29 is 4.42 Å². The molecule has 1 aliphatic carbocycles. The average Bonchev–Trinajstić information content (AvgIpc) is 3.45. The van der Waals surface area contributed by atoms with E-state index in [-0.39, 0.29) is 5.41 Å². The van der Waals surface area contributed by atoms with Gasteiger partial charge in [0.15, 0.2) is 5.58 Å². The number of furan rings is 1. The first-order chi connectivity index (χ1) is 19.8. The van der Waals surface area contributed by atoms with Gasteiger partial charge >= 0.3 is 0 Å². The third-order valence-electron chi connectivity index (χ3n) is 8.72. The second kappa shape index (κ2) is 9.38. The van der Waals surface area contributed by atoms with Crippen LogP contribution in [0.1, 0.15) is 38.8 Å². The molecule has 0 amide bonds. The van der Waals surface area contributed by atoms with Gasteiger partial charge in [-0.25, -0.2) is 0 Å². The van der Waals surface area contributed by atoms with Gasteiger partial charge in [0.05, 0.1) is 5.69 Å². The van der Waals surface area contributed by atoms with E-state index in [1.54, 1.807) is 0 Å². The molecule has 5 aromatic carbocycles. The zero-order chi connectivity index (χ0) is 28.3. The van der Waals surface area contributed by atoms with E-state index in [4.69, 9.17) is 4.42 Å². The summed E-state index contributed by atoms with van der Waals surface area (Å²) in [6, 6.07) is 36.9. The molecule has 6 aromatic rings. The van der Waals surface area contributed by atoms with Crippen LogP contribution >= 0.6 is 0 Å². The summed E-state index contributed by atoms with van der Waals surface area (Å²) >= 11 is 0. The summed E-state index contributed by atoms with van der Waals surface area (Å²) < 4.78 is 6.55. The average molecular weight is 532 g/mol. The van der Waals surface area contributed by atoms with Crippen molar-refractivity contribution in [1.29, 1.82) is 0 Å². The largest absolute Gasteiger partial charge is 0.454 e. The normalized spacial score (nSPS) is 14.4. The van der Waals surface area contributed by atoms with Gasteiger partial charge in [-0.1, -0.05) is 110 Å². The molecule has 0 saturated carbocycles. The fourth-order valence-electron chi connectivity index (χ4n) is 6.26. The number of anilines is 3. The van der Waals surface area contributed by atoms with Crippen LogP contribution in [0.25, 0.3) is 38.3 Å². The summed E-state index contributed by atoms with van der Waals surface area (Å²) in [4.78, 5) is 2.35. The third kappa shape index (κ3) is 4.02. The third-order valence-corrected chi connectivity index (χ3v) is 8.72. The van der Waals surface area contributed by atoms with Crippen LogP contribution in [0.15, 0.2) is 137 Å². The Kier molecular flexibility index (Phi) is 5.76. The molecule has 0 unspecified atom stereocenters. The van der Waals surface area contributed by atoms with Crippen molar-refractivity contribution >= 4 is 55.3 Å². The van der Waals surface area contributed by atoms with Crippen LogP contribution in [0, 0.1) is 0 Å². The second-order valence-corrected chi connectivity index (χ2v) is 11.7. The second-order valence-electron chi connectivity index (χ2n) is 11.7. The van der Waals surface area contributed by atoms with E-state index in [1.165, 1.54) is 33.0 Å². The molecule has 0 saturated heterocycles. The predicted octanol–water partition coefficient (Wildman–Crippen LogP) is 11.4. The number of para-hydroxylation sites is 2. The maximum atomic E-state index is 6.55. The molecule has 0 atom stereocenters. The molecule has 1 heterocycles. The Morgan fingerprint density at radius 2 is 1.49 bits per heavy atom. The van der Waals surface area contributed by atoms with Gasteiger partial charge in [0.1, 0.15) is 5.58 Å². The Labute approximate surface area is 241 Å². The predicted molar refractivity (Wildman–Crippen MR) is 175 cm³/mol. The minimum absolute atomic E-state index is 0.0967. The smallest absolute Gasteiger partial charge is 0.159 e. The number of fused-ring (bicyclic) bond motifs is 5. The first kappa shape index (κ1) is 25.2. The quantitative estimate of drug-likeness (QED) is 0.206. The van der Waals surface area contributed by atoms with Gasteiger partial charge in [0.2, 0.25) is 0 Å². The Morgan fingerprint density at radius 1 is 0.780 bits per heavy atom. The number of allylic oxidation sites excluding steroid dienone is 5. The van der Waals surface area contributed by atoms with Crippen LogP contribution in [0.2, 0.25) is 0 Å². The molecule has 0 radical (unpaired) electrons. The zero-order valence-electron chi connectivity index (χ0n) is 24.0. The maximum Gasteiger partial charge on any atom is 0.159 e. The van der Waals surface area contributed by atoms with Crippen molar-refractivity contribution in [2.45, 2.75) is 33.1 Å². The van der Waals surface area contributed by atoms with E-state index < -0.39 is 0 Å². The summed E-state index contributed by atoms with van der Waals surface area (Å²) in [7, 11) is 0. The topological polar surface area (TPSA) is 16.4 Å². The molecule has 0 bridgehead atoms. The first-order valence-corrected chi connectivity index (χ1v) is 14.2. The number of nitrogens with zero attached hydrogens (tertiary/aromatic N) is 1. The lowest BCUT2D eigenvalue weighted by molar-refractivity contribution is 0.639. The van der Waals surface area contributed by atoms with Gasteiger partial charge in [0, 0.05) is 27.6 Å². The molecule has 0 N–H and O–H groups in total. The summed E-state index contributed by atoms with van der Waals surface area (Å²) in [6.07, 6.45) is 4.34. The Hall–Kier alpha value is -4.82. The van der Waals surface area contributed by atoms with Gasteiger partial charge in [-0.3, -0.25) is 0 Å². The number of hydrogen-bond acceptors (Lipinski definition) is 2. The summed E-state index contributed by atoms with van der Waals surface area (Å²) in [5, 5.41) is 4.68.